The molecule has 148 valence electrons. The summed E-state index contributed by atoms with van der Waals surface area (Å²) in [5, 5.41) is 3.72. The van der Waals surface area contributed by atoms with E-state index in [1.54, 1.807) is 0 Å². The van der Waals surface area contributed by atoms with Crippen molar-refractivity contribution in [2.24, 2.45) is 0 Å². The van der Waals surface area contributed by atoms with E-state index in [0.717, 1.165) is 46.3 Å². The average molecular weight is 399 g/mol. The smallest absolute Gasteiger partial charge is 0.224 e. The van der Waals surface area contributed by atoms with Crippen molar-refractivity contribution >= 4 is 29.3 Å². The summed E-state index contributed by atoms with van der Waals surface area (Å²) < 4.78 is 0. The van der Waals surface area contributed by atoms with E-state index in [4.69, 9.17) is 0 Å². The van der Waals surface area contributed by atoms with Gasteiger partial charge in [0.05, 0.1) is 0 Å². The first-order valence-corrected chi connectivity index (χ1v) is 10.7. The van der Waals surface area contributed by atoms with E-state index >= 15 is 0 Å². The number of rotatable bonds is 7. The zero-order valence-corrected chi connectivity index (χ0v) is 17.4. The summed E-state index contributed by atoms with van der Waals surface area (Å²) in [5.74, 6) is 0.164. The van der Waals surface area contributed by atoms with Gasteiger partial charge in [0, 0.05) is 43.0 Å². The lowest BCUT2D eigenvalue weighted by molar-refractivity contribution is -0.128. The Labute approximate surface area is 170 Å². The molecule has 2 aromatic rings. The van der Waals surface area contributed by atoms with Crippen molar-refractivity contribution in [2.45, 2.75) is 51.2 Å². The van der Waals surface area contributed by atoms with Gasteiger partial charge in [-0.05, 0) is 56.2 Å². The molecule has 0 aliphatic carbocycles. The molecule has 0 atom stereocenters. The van der Waals surface area contributed by atoms with Gasteiger partial charge in [-0.25, -0.2) is 9.97 Å². The summed E-state index contributed by atoms with van der Waals surface area (Å²) in [6.07, 6.45) is 4.50. The highest BCUT2D eigenvalue weighted by Crippen LogP contribution is 2.19. The summed E-state index contributed by atoms with van der Waals surface area (Å²) in [7, 11) is 0. The van der Waals surface area contributed by atoms with Crippen molar-refractivity contribution in [3.05, 3.63) is 46.8 Å². The summed E-state index contributed by atoms with van der Waals surface area (Å²) in [4.78, 5) is 35.0. The second kappa shape index (κ2) is 9.19. The van der Waals surface area contributed by atoms with Crippen molar-refractivity contribution in [3.8, 4) is 0 Å². The number of thioether (sulfide) groups is 1. The monoisotopic (exact) mass is 398 g/mol. The number of nitrogens with zero attached hydrogens (tertiary/aromatic N) is 3. The summed E-state index contributed by atoms with van der Waals surface area (Å²) >= 11 is 1.52. The minimum Gasteiger partial charge on any atom is -0.338 e. The standard InChI is InChI=1S/C21H26N4O2S/c1-14-18(15(2)23-21(22-14)28-3)9-10-19(26)24-17-7-4-6-16(12-17)13-25-11-5-8-20(25)27/h4,6-7,12H,5,8-11,13H2,1-3H3,(H,24,26). The molecular formula is C21H26N4O2S. The molecule has 0 saturated carbocycles. The second-order valence-corrected chi connectivity index (χ2v) is 7.80. The number of amides is 2. The van der Waals surface area contributed by atoms with Crippen molar-refractivity contribution in [1.82, 2.24) is 14.9 Å². The van der Waals surface area contributed by atoms with E-state index in [2.05, 4.69) is 15.3 Å². The zero-order chi connectivity index (χ0) is 20.1. The number of carbonyl (C=O) groups is 2. The predicted molar refractivity (Wildman–Crippen MR) is 111 cm³/mol. The van der Waals surface area contributed by atoms with Gasteiger partial charge in [-0.1, -0.05) is 23.9 Å². The molecule has 1 aliphatic rings. The SMILES string of the molecule is CSc1nc(C)c(CCC(=O)Nc2cccc(CN3CCCC3=O)c2)c(C)n1. The normalized spacial score (nSPS) is 13.8. The lowest BCUT2D eigenvalue weighted by Crippen LogP contribution is -2.23. The van der Waals surface area contributed by atoms with Crippen LogP contribution >= 0.6 is 11.8 Å². The van der Waals surface area contributed by atoms with Gasteiger partial charge < -0.3 is 10.2 Å². The Balaban J connectivity index is 1.58. The van der Waals surface area contributed by atoms with E-state index in [1.807, 2.05) is 49.3 Å². The topological polar surface area (TPSA) is 75.2 Å². The van der Waals surface area contributed by atoms with Gasteiger partial charge in [-0.3, -0.25) is 9.59 Å². The van der Waals surface area contributed by atoms with Crippen LogP contribution in [0.4, 0.5) is 5.69 Å². The van der Waals surface area contributed by atoms with Crippen LogP contribution in [0, 0.1) is 13.8 Å². The third-order valence-electron chi connectivity index (χ3n) is 4.94. The van der Waals surface area contributed by atoms with E-state index < -0.39 is 0 Å². The zero-order valence-electron chi connectivity index (χ0n) is 16.6. The molecule has 0 radical (unpaired) electrons. The molecule has 1 aromatic carbocycles. The van der Waals surface area contributed by atoms with E-state index in [1.165, 1.54) is 11.8 Å². The average Bonchev–Trinajstić information content (AvgIpc) is 3.05. The van der Waals surface area contributed by atoms with Crippen LogP contribution < -0.4 is 5.32 Å². The fourth-order valence-corrected chi connectivity index (χ4v) is 3.92. The van der Waals surface area contributed by atoms with Crippen LogP contribution in [-0.2, 0) is 22.6 Å². The third-order valence-corrected chi connectivity index (χ3v) is 5.49. The first kappa shape index (κ1) is 20.3. The quantitative estimate of drug-likeness (QED) is 0.571. The number of aromatic nitrogens is 2. The molecule has 0 unspecified atom stereocenters. The van der Waals surface area contributed by atoms with Crippen molar-refractivity contribution in [1.29, 1.82) is 0 Å². The number of likely N-dealkylation sites (tertiary alicyclic amines) is 1. The Hall–Kier alpha value is -2.41. The summed E-state index contributed by atoms with van der Waals surface area (Å²) in [5.41, 5.74) is 4.69. The van der Waals surface area contributed by atoms with Crippen molar-refractivity contribution in [3.63, 3.8) is 0 Å². The van der Waals surface area contributed by atoms with Crippen LogP contribution in [0.2, 0.25) is 0 Å². The Morgan fingerprint density at radius 2 is 2.00 bits per heavy atom. The second-order valence-electron chi connectivity index (χ2n) is 7.03. The maximum Gasteiger partial charge on any atom is 0.224 e. The Bertz CT molecular complexity index is 861. The lowest BCUT2D eigenvalue weighted by atomic mass is 10.1. The van der Waals surface area contributed by atoms with Gasteiger partial charge in [0.15, 0.2) is 5.16 Å². The largest absolute Gasteiger partial charge is 0.338 e. The Kier molecular flexibility index (Phi) is 6.67. The fourth-order valence-electron chi connectivity index (χ4n) is 3.46. The highest BCUT2D eigenvalue weighted by atomic mass is 32.2. The minimum atomic E-state index is -0.0397. The molecule has 6 nitrogen and oxygen atoms in total. The molecule has 0 spiro atoms. The van der Waals surface area contributed by atoms with Gasteiger partial charge >= 0.3 is 0 Å². The maximum absolute atomic E-state index is 12.4. The van der Waals surface area contributed by atoms with E-state index in [9.17, 15) is 9.59 Å². The molecule has 2 heterocycles. The van der Waals surface area contributed by atoms with Gasteiger partial charge in [0.2, 0.25) is 11.8 Å². The summed E-state index contributed by atoms with van der Waals surface area (Å²) in [6, 6.07) is 7.71. The molecule has 1 N–H and O–H groups in total. The molecule has 1 aromatic heterocycles. The number of benzene rings is 1. The minimum absolute atomic E-state index is 0.0397. The van der Waals surface area contributed by atoms with E-state index in [-0.39, 0.29) is 11.8 Å². The first-order chi connectivity index (χ1) is 13.5. The highest BCUT2D eigenvalue weighted by molar-refractivity contribution is 7.98. The molecule has 1 fully saturated rings. The first-order valence-electron chi connectivity index (χ1n) is 9.51. The van der Waals surface area contributed by atoms with Crippen LogP contribution in [0.25, 0.3) is 0 Å². The van der Waals surface area contributed by atoms with Crippen molar-refractivity contribution in [2.75, 3.05) is 18.1 Å². The number of nitrogens with one attached hydrogen (secondary N) is 1. The lowest BCUT2D eigenvalue weighted by Gasteiger charge is -2.16. The van der Waals surface area contributed by atoms with Crippen LogP contribution in [0.15, 0.2) is 29.4 Å². The maximum atomic E-state index is 12.4. The van der Waals surface area contributed by atoms with E-state index in [0.29, 0.717) is 25.8 Å². The Morgan fingerprint density at radius 1 is 1.25 bits per heavy atom. The van der Waals surface area contributed by atoms with Gasteiger partial charge in [-0.2, -0.15) is 0 Å². The van der Waals surface area contributed by atoms with Crippen LogP contribution in [0.1, 0.15) is 41.8 Å². The van der Waals surface area contributed by atoms with Gasteiger partial charge in [-0.15, -0.1) is 0 Å². The van der Waals surface area contributed by atoms with Crippen LogP contribution in [0.5, 0.6) is 0 Å². The van der Waals surface area contributed by atoms with Crippen LogP contribution in [0.3, 0.4) is 0 Å². The number of anilines is 1. The molecule has 3 rings (SSSR count). The molecule has 1 saturated heterocycles. The molecule has 1 aliphatic heterocycles. The molecule has 7 heteroatoms. The number of hydrogen-bond donors (Lipinski definition) is 1. The number of aryl methyl sites for hydroxylation is 2. The highest BCUT2D eigenvalue weighted by Gasteiger charge is 2.20. The van der Waals surface area contributed by atoms with Gasteiger partial charge in [0.1, 0.15) is 0 Å². The molecule has 2 amide bonds. The Morgan fingerprint density at radius 3 is 2.64 bits per heavy atom. The van der Waals surface area contributed by atoms with Crippen molar-refractivity contribution < 1.29 is 9.59 Å². The number of carbonyl (C=O) groups excluding carboxylic acids is 2. The summed E-state index contributed by atoms with van der Waals surface area (Å²) in [6.45, 7) is 5.33. The molecule has 0 bridgehead atoms. The number of hydrogen-bond acceptors (Lipinski definition) is 5. The fraction of sp³-hybridized carbons (Fsp3) is 0.429. The van der Waals surface area contributed by atoms with Gasteiger partial charge in [0.25, 0.3) is 0 Å². The molecular weight excluding hydrogens is 372 g/mol. The van der Waals surface area contributed by atoms with Crippen LogP contribution in [-0.4, -0.2) is 39.5 Å². The predicted octanol–water partition coefficient (Wildman–Crippen LogP) is 3.51. The molecule has 28 heavy (non-hydrogen) atoms. The third kappa shape index (κ3) is 5.10.